The molecular formula is C6H17NO12P4. The lowest BCUT2D eigenvalue weighted by Crippen LogP contribution is -2.05. The molecule has 1 aliphatic heterocycles. The number of hydrogen-bond donors (Lipinski definition) is 4. The van der Waals surface area contributed by atoms with Crippen molar-refractivity contribution in [3.63, 3.8) is 0 Å². The van der Waals surface area contributed by atoms with Gasteiger partial charge in [-0.15, -0.1) is 0 Å². The topological polar surface area (TPSA) is 201 Å². The molecule has 0 spiro atoms. The molecule has 4 unspecified atom stereocenters. The van der Waals surface area contributed by atoms with Gasteiger partial charge in [-0.3, -0.25) is 9.05 Å². The average molecular weight is 419 g/mol. The maximum absolute atomic E-state index is 11.6. The number of rotatable bonds is 0. The highest BCUT2D eigenvalue weighted by Crippen LogP contribution is 2.70. The van der Waals surface area contributed by atoms with Crippen LogP contribution in [-0.4, -0.2) is 27.9 Å². The van der Waals surface area contributed by atoms with Crippen LogP contribution in [0.4, 0.5) is 0 Å². The van der Waals surface area contributed by atoms with Crippen molar-refractivity contribution in [3.8, 4) is 0 Å². The third-order valence-corrected chi connectivity index (χ3v) is 8.28. The molecule has 138 valence electrons. The molecule has 1 aliphatic rings. The van der Waals surface area contributed by atoms with Crippen LogP contribution in [-0.2, 0) is 40.2 Å². The summed E-state index contributed by atoms with van der Waals surface area (Å²) in [5, 5.41) is 0. The summed E-state index contributed by atoms with van der Waals surface area (Å²) in [5.74, 6) is 0. The lowest BCUT2D eigenvalue weighted by atomic mass is 10.2. The van der Waals surface area contributed by atoms with Crippen molar-refractivity contribution < 1.29 is 54.9 Å². The van der Waals surface area contributed by atoms with Crippen LogP contribution in [0.5, 0.6) is 0 Å². The third kappa shape index (κ3) is 9.57. The number of phosphoric ester groups is 1. The molecule has 17 heteroatoms. The SMILES string of the molecule is NP1(=O)OCCCCCCOP(=O)(O)OP(=O)(O)OP(=O)(O)O1. The molecule has 1 fully saturated rings. The van der Waals surface area contributed by atoms with Gasteiger partial charge in [0.2, 0.25) is 0 Å². The largest absolute Gasteiger partial charge is 0.490 e. The quantitative estimate of drug-likeness (QED) is 0.416. The Morgan fingerprint density at radius 2 is 1.09 bits per heavy atom. The minimum Gasteiger partial charge on any atom is -0.302 e. The van der Waals surface area contributed by atoms with E-state index in [-0.39, 0.29) is 13.2 Å². The fourth-order valence-corrected chi connectivity index (χ4v) is 6.54. The van der Waals surface area contributed by atoms with Gasteiger partial charge < -0.3 is 14.7 Å². The molecule has 0 aromatic rings. The van der Waals surface area contributed by atoms with E-state index in [4.69, 9.17) is 5.50 Å². The van der Waals surface area contributed by atoms with Gasteiger partial charge in [0, 0.05) is 0 Å². The second-order valence-electron chi connectivity index (χ2n) is 4.27. The Labute approximate surface area is 131 Å². The Kier molecular flexibility index (Phi) is 7.79. The first-order valence-corrected chi connectivity index (χ1v) is 12.2. The number of nitrogens with two attached hydrogens (primary N) is 1. The molecule has 5 N–H and O–H groups in total. The van der Waals surface area contributed by atoms with E-state index in [1.54, 1.807) is 0 Å². The van der Waals surface area contributed by atoms with E-state index >= 15 is 0 Å². The molecule has 13 nitrogen and oxygen atoms in total. The first-order valence-electron chi connectivity index (χ1n) is 6.13. The van der Waals surface area contributed by atoms with Crippen molar-refractivity contribution in [2.75, 3.05) is 13.2 Å². The molecule has 0 aromatic heterocycles. The minimum atomic E-state index is -5.58. The molecule has 0 bridgehead atoms. The first-order chi connectivity index (χ1) is 10.3. The second kappa shape index (κ2) is 8.29. The van der Waals surface area contributed by atoms with E-state index in [0.29, 0.717) is 25.7 Å². The molecule has 1 saturated heterocycles. The molecule has 0 amide bonds. The lowest BCUT2D eigenvalue weighted by molar-refractivity contribution is 0.170. The molecule has 23 heavy (non-hydrogen) atoms. The Bertz CT molecular complexity index is 542. The molecule has 0 aliphatic carbocycles. The number of hydrogen-bond acceptors (Lipinski definition) is 9. The van der Waals surface area contributed by atoms with Crippen molar-refractivity contribution in [2.24, 2.45) is 5.50 Å². The summed E-state index contributed by atoms with van der Waals surface area (Å²) in [4.78, 5) is 27.7. The van der Waals surface area contributed by atoms with Crippen LogP contribution in [0.2, 0.25) is 0 Å². The van der Waals surface area contributed by atoms with Gasteiger partial charge in [0.1, 0.15) is 0 Å². The molecule has 4 atom stereocenters. The monoisotopic (exact) mass is 419 g/mol. The van der Waals surface area contributed by atoms with Crippen LogP contribution in [0.1, 0.15) is 25.7 Å². The molecule has 0 radical (unpaired) electrons. The Balaban J connectivity index is 2.93. The smallest absolute Gasteiger partial charge is 0.302 e. The first kappa shape index (κ1) is 21.6. The van der Waals surface area contributed by atoms with E-state index < -0.39 is 31.2 Å². The maximum atomic E-state index is 11.6. The molecule has 0 saturated carbocycles. The van der Waals surface area contributed by atoms with Crippen molar-refractivity contribution in [2.45, 2.75) is 25.7 Å². The van der Waals surface area contributed by atoms with Crippen LogP contribution in [0.25, 0.3) is 0 Å². The highest BCUT2D eigenvalue weighted by molar-refractivity contribution is 7.70. The predicted molar refractivity (Wildman–Crippen MR) is 74.9 cm³/mol. The molecule has 1 heterocycles. The van der Waals surface area contributed by atoms with Crippen LogP contribution in [0.15, 0.2) is 0 Å². The van der Waals surface area contributed by atoms with Crippen molar-refractivity contribution in [1.82, 2.24) is 0 Å². The fraction of sp³-hybridized carbons (Fsp3) is 1.00. The molecule has 0 aromatic carbocycles. The lowest BCUT2D eigenvalue weighted by Gasteiger charge is -2.19. The average Bonchev–Trinajstić information content (AvgIpc) is 2.26. The van der Waals surface area contributed by atoms with Gasteiger partial charge in [0.25, 0.3) is 0 Å². The maximum Gasteiger partial charge on any atom is 0.490 e. The summed E-state index contributed by atoms with van der Waals surface area (Å²) < 4.78 is 66.5. The zero-order valence-electron chi connectivity index (χ0n) is 11.6. The van der Waals surface area contributed by atoms with Crippen molar-refractivity contribution in [1.29, 1.82) is 0 Å². The fourth-order valence-electron chi connectivity index (χ4n) is 1.41. The summed E-state index contributed by atoms with van der Waals surface area (Å²) >= 11 is 0. The van der Waals surface area contributed by atoms with Crippen LogP contribution in [0.3, 0.4) is 0 Å². The van der Waals surface area contributed by atoms with E-state index in [0.717, 1.165) is 0 Å². The predicted octanol–water partition coefficient (Wildman–Crippen LogP) is 2.01. The summed E-state index contributed by atoms with van der Waals surface area (Å²) in [6.07, 6.45) is 1.71. The van der Waals surface area contributed by atoms with Gasteiger partial charge in [0.05, 0.1) is 13.2 Å². The normalized spacial score (nSPS) is 45.7. The number of phosphoric acid groups is 3. The Morgan fingerprint density at radius 1 is 0.652 bits per heavy atom. The van der Waals surface area contributed by atoms with Crippen molar-refractivity contribution >= 4 is 31.2 Å². The summed E-state index contributed by atoms with van der Waals surface area (Å²) in [7, 11) is -20.7. The minimum absolute atomic E-state index is 0.180. The van der Waals surface area contributed by atoms with Gasteiger partial charge in [-0.1, -0.05) is 12.8 Å². The van der Waals surface area contributed by atoms with Gasteiger partial charge in [-0.25, -0.2) is 23.8 Å². The van der Waals surface area contributed by atoms with E-state index in [2.05, 4.69) is 22.0 Å². The van der Waals surface area contributed by atoms with Crippen LogP contribution >= 0.6 is 31.2 Å². The van der Waals surface area contributed by atoms with Gasteiger partial charge in [-0.2, -0.15) is 12.9 Å². The van der Waals surface area contributed by atoms with Gasteiger partial charge in [0.15, 0.2) is 0 Å². The zero-order valence-corrected chi connectivity index (χ0v) is 15.2. The summed E-state index contributed by atoms with van der Waals surface area (Å²) in [5.41, 5.74) is 5.03. The standard InChI is InChI=1S/C6H17NO12P4/c7-20(8)15-5-3-1-2-4-6-16-21(9,10)18-23(13,14)19-22(11,12)17-20/h1-6H2,(H2,7,8)(H,9,10)(H,11,12)(H,13,14). The second-order valence-corrected chi connectivity index (χ2v) is 10.6. The highest BCUT2D eigenvalue weighted by atomic mass is 31.3. The van der Waals surface area contributed by atoms with Crippen LogP contribution in [0, 0.1) is 0 Å². The third-order valence-electron chi connectivity index (χ3n) is 2.19. The highest BCUT2D eigenvalue weighted by Gasteiger charge is 2.45. The van der Waals surface area contributed by atoms with Crippen molar-refractivity contribution in [3.05, 3.63) is 0 Å². The van der Waals surface area contributed by atoms with Gasteiger partial charge >= 0.3 is 31.2 Å². The van der Waals surface area contributed by atoms with Crippen LogP contribution < -0.4 is 5.50 Å². The summed E-state index contributed by atoms with van der Waals surface area (Å²) in [6, 6.07) is 0. The molecule has 1 rings (SSSR count). The zero-order chi connectivity index (χ0) is 17.8. The van der Waals surface area contributed by atoms with Gasteiger partial charge in [-0.05, 0) is 12.8 Å². The summed E-state index contributed by atoms with van der Waals surface area (Å²) in [6.45, 7) is -0.461. The van der Waals surface area contributed by atoms with E-state index in [9.17, 15) is 32.9 Å². The Hall–Kier alpha value is 0.560. The molecular weight excluding hydrogens is 402 g/mol. The van der Waals surface area contributed by atoms with E-state index in [1.807, 2.05) is 0 Å². The Morgan fingerprint density at radius 3 is 1.65 bits per heavy atom. The van der Waals surface area contributed by atoms with E-state index in [1.165, 1.54) is 0 Å².